The largest absolute Gasteiger partial charge is 0.207 e. The summed E-state index contributed by atoms with van der Waals surface area (Å²) in [6.45, 7) is 0. The van der Waals surface area contributed by atoms with Gasteiger partial charge in [0.15, 0.2) is 0 Å². The Morgan fingerprint density at radius 1 is 1.15 bits per heavy atom. The second kappa shape index (κ2) is 4.86. The lowest BCUT2D eigenvalue weighted by atomic mass is 9.65. The highest BCUT2D eigenvalue weighted by Crippen LogP contribution is 2.60. The lowest BCUT2D eigenvalue weighted by Gasteiger charge is -2.40. The number of rotatable bonds is 3. The van der Waals surface area contributed by atoms with Gasteiger partial charge >= 0.3 is 0 Å². The van der Waals surface area contributed by atoms with Gasteiger partial charge in [-0.3, -0.25) is 0 Å². The van der Waals surface area contributed by atoms with E-state index < -0.39 is 0 Å². The number of hydrogen-bond acceptors (Lipinski definition) is 0. The fourth-order valence-corrected chi connectivity index (χ4v) is 5.73. The quantitative estimate of drug-likeness (QED) is 0.694. The first-order chi connectivity index (χ1) is 9.72. The third-order valence-corrected chi connectivity index (χ3v) is 6.47. The third kappa shape index (κ3) is 2.29. The molecule has 1 heteroatoms. The van der Waals surface area contributed by atoms with Gasteiger partial charge in [0, 0.05) is 0 Å². The van der Waals surface area contributed by atoms with E-state index >= 15 is 0 Å². The van der Waals surface area contributed by atoms with Crippen LogP contribution in [0, 0.1) is 29.0 Å². The average Bonchev–Trinajstić information content (AvgIpc) is 2.64. The molecule has 3 saturated carbocycles. The predicted molar refractivity (Wildman–Crippen MR) is 79.9 cm³/mol. The van der Waals surface area contributed by atoms with Gasteiger partial charge in [0.1, 0.15) is 5.82 Å². The molecule has 108 valence electrons. The number of aryl methyl sites for hydroxylation is 1. The third-order valence-electron chi connectivity index (χ3n) is 6.47. The summed E-state index contributed by atoms with van der Waals surface area (Å²) in [5.41, 5.74) is 1.80. The van der Waals surface area contributed by atoms with Gasteiger partial charge < -0.3 is 0 Å². The van der Waals surface area contributed by atoms with Crippen LogP contribution in [0.15, 0.2) is 24.3 Å². The number of halogens is 1. The van der Waals surface area contributed by atoms with Gasteiger partial charge in [-0.05, 0) is 85.8 Å². The smallest absolute Gasteiger partial charge is 0.123 e. The van der Waals surface area contributed by atoms with Crippen molar-refractivity contribution in [3.8, 4) is 0 Å². The Balaban J connectivity index is 1.49. The zero-order valence-electron chi connectivity index (χ0n) is 12.3. The van der Waals surface area contributed by atoms with Crippen LogP contribution < -0.4 is 0 Å². The van der Waals surface area contributed by atoms with Crippen LogP contribution >= 0.6 is 0 Å². The van der Waals surface area contributed by atoms with Crippen molar-refractivity contribution in [2.45, 2.75) is 57.8 Å². The molecule has 0 N–H and O–H groups in total. The predicted octanol–water partition coefficient (Wildman–Crippen LogP) is 5.36. The Labute approximate surface area is 121 Å². The van der Waals surface area contributed by atoms with E-state index in [1.165, 1.54) is 56.9 Å². The highest BCUT2D eigenvalue weighted by molar-refractivity contribution is 5.17. The second-order valence-electron chi connectivity index (χ2n) is 7.79. The minimum absolute atomic E-state index is 0.0790. The first-order valence-electron chi connectivity index (χ1n) is 8.47. The summed E-state index contributed by atoms with van der Waals surface area (Å²) in [6.07, 6.45) is 12.7. The molecule has 20 heavy (non-hydrogen) atoms. The summed E-state index contributed by atoms with van der Waals surface area (Å²) in [4.78, 5) is 0. The summed E-state index contributed by atoms with van der Waals surface area (Å²) in [6, 6.07) is 7.24. The van der Waals surface area contributed by atoms with Crippen molar-refractivity contribution >= 4 is 0 Å². The SMILES string of the molecule is Fc1cccc(CCC23CCCC4CC(CC4C2)C3)c1. The van der Waals surface area contributed by atoms with E-state index in [0.29, 0.717) is 5.41 Å². The molecule has 1 aromatic rings. The van der Waals surface area contributed by atoms with Crippen LogP contribution in [0.3, 0.4) is 0 Å². The molecule has 0 spiro atoms. The van der Waals surface area contributed by atoms with E-state index in [1.807, 2.05) is 6.07 Å². The van der Waals surface area contributed by atoms with Gasteiger partial charge in [0.25, 0.3) is 0 Å². The molecule has 4 atom stereocenters. The van der Waals surface area contributed by atoms with E-state index in [4.69, 9.17) is 0 Å². The standard InChI is InChI=1S/C19H25F/c20-18-5-1-3-14(11-18)6-8-19-7-2-4-16-9-15(12-19)10-17(16)13-19/h1,3,5,11,15-17H,2,4,6-10,12-13H2. The van der Waals surface area contributed by atoms with Gasteiger partial charge in [-0.2, -0.15) is 0 Å². The molecule has 4 rings (SSSR count). The van der Waals surface area contributed by atoms with Gasteiger partial charge in [-0.25, -0.2) is 4.39 Å². The van der Waals surface area contributed by atoms with Crippen molar-refractivity contribution in [3.63, 3.8) is 0 Å². The highest BCUT2D eigenvalue weighted by atomic mass is 19.1. The van der Waals surface area contributed by atoms with Crippen LogP contribution in [0.5, 0.6) is 0 Å². The molecule has 1 aromatic carbocycles. The maximum Gasteiger partial charge on any atom is 0.123 e. The van der Waals surface area contributed by atoms with Gasteiger partial charge in [0.05, 0.1) is 0 Å². The lowest BCUT2D eigenvalue weighted by molar-refractivity contribution is 0.112. The molecule has 0 aliphatic heterocycles. The topological polar surface area (TPSA) is 0 Å². The Morgan fingerprint density at radius 2 is 2.05 bits per heavy atom. The number of fused-ring (bicyclic) bond motifs is 2. The van der Waals surface area contributed by atoms with E-state index in [1.54, 1.807) is 12.1 Å². The van der Waals surface area contributed by atoms with Gasteiger partial charge in [-0.1, -0.05) is 25.0 Å². The summed E-state index contributed by atoms with van der Waals surface area (Å²) >= 11 is 0. The molecule has 3 fully saturated rings. The molecule has 0 aromatic heterocycles. The van der Waals surface area contributed by atoms with Crippen LogP contribution in [0.25, 0.3) is 0 Å². The zero-order chi connectivity index (χ0) is 13.6. The Hall–Kier alpha value is -0.850. The van der Waals surface area contributed by atoms with Crippen molar-refractivity contribution in [1.29, 1.82) is 0 Å². The molecule has 0 saturated heterocycles. The summed E-state index contributed by atoms with van der Waals surface area (Å²) in [7, 11) is 0. The number of hydrogen-bond donors (Lipinski definition) is 0. The van der Waals surface area contributed by atoms with Crippen LogP contribution in [0.1, 0.15) is 56.9 Å². The minimum atomic E-state index is -0.0790. The molecular formula is C19H25F. The molecule has 3 bridgehead atoms. The highest BCUT2D eigenvalue weighted by Gasteiger charge is 2.48. The fraction of sp³-hybridized carbons (Fsp3) is 0.684. The van der Waals surface area contributed by atoms with Crippen LogP contribution in [0.2, 0.25) is 0 Å². The molecule has 0 heterocycles. The molecule has 0 radical (unpaired) electrons. The Kier molecular flexibility index (Phi) is 3.12. The van der Waals surface area contributed by atoms with Crippen molar-refractivity contribution in [2.24, 2.45) is 23.2 Å². The molecule has 3 aliphatic carbocycles. The van der Waals surface area contributed by atoms with Crippen molar-refractivity contribution in [2.75, 3.05) is 0 Å². The van der Waals surface area contributed by atoms with E-state index in [9.17, 15) is 4.39 Å². The normalized spacial score (nSPS) is 39.0. The van der Waals surface area contributed by atoms with Crippen molar-refractivity contribution in [3.05, 3.63) is 35.6 Å². The van der Waals surface area contributed by atoms with Crippen molar-refractivity contribution < 1.29 is 4.39 Å². The Morgan fingerprint density at radius 3 is 2.95 bits per heavy atom. The van der Waals surface area contributed by atoms with Crippen molar-refractivity contribution in [1.82, 2.24) is 0 Å². The summed E-state index contributed by atoms with van der Waals surface area (Å²) < 4.78 is 13.3. The molecule has 0 nitrogen and oxygen atoms in total. The fourth-order valence-electron chi connectivity index (χ4n) is 5.73. The van der Waals surface area contributed by atoms with Gasteiger partial charge in [-0.15, -0.1) is 0 Å². The molecular weight excluding hydrogens is 247 g/mol. The van der Waals surface area contributed by atoms with E-state index in [2.05, 4.69) is 6.07 Å². The van der Waals surface area contributed by atoms with Crippen LogP contribution in [-0.2, 0) is 6.42 Å². The lowest BCUT2D eigenvalue weighted by Crippen LogP contribution is -2.29. The average molecular weight is 272 g/mol. The summed E-state index contributed by atoms with van der Waals surface area (Å²) in [5, 5.41) is 0. The van der Waals surface area contributed by atoms with E-state index in [-0.39, 0.29) is 5.82 Å². The van der Waals surface area contributed by atoms with Gasteiger partial charge in [0.2, 0.25) is 0 Å². The molecule has 0 amide bonds. The second-order valence-corrected chi connectivity index (χ2v) is 7.79. The zero-order valence-corrected chi connectivity index (χ0v) is 12.3. The minimum Gasteiger partial charge on any atom is -0.207 e. The molecule has 3 aliphatic rings. The molecule has 4 unspecified atom stereocenters. The summed E-state index contributed by atoms with van der Waals surface area (Å²) in [5.74, 6) is 3.03. The maximum atomic E-state index is 13.3. The van der Waals surface area contributed by atoms with E-state index in [0.717, 1.165) is 24.2 Å². The maximum absolute atomic E-state index is 13.3. The Bertz CT molecular complexity index is 494. The first-order valence-corrected chi connectivity index (χ1v) is 8.47. The van der Waals surface area contributed by atoms with Crippen LogP contribution in [-0.4, -0.2) is 0 Å². The van der Waals surface area contributed by atoms with Crippen LogP contribution in [0.4, 0.5) is 4.39 Å². The first kappa shape index (κ1) is 12.9. The monoisotopic (exact) mass is 272 g/mol. The number of benzene rings is 1.